The predicted molar refractivity (Wildman–Crippen MR) is 53.4 cm³/mol. The van der Waals surface area contributed by atoms with E-state index in [0.717, 1.165) is 20.1 Å². The maximum Gasteiger partial charge on any atom is 0.420 e. The van der Waals surface area contributed by atoms with Gasteiger partial charge in [-0.05, 0) is 19.4 Å². The van der Waals surface area contributed by atoms with Gasteiger partial charge in [0.05, 0.1) is 19.1 Å². The van der Waals surface area contributed by atoms with Crippen LogP contribution in [0.25, 0.3) is 0 Å². The van der Waals surface area contributed by atoms with Crippen molar-refractivity contribution in [1.29, 1.82) is 0 Å². The Labute approximate surface area is 97.1 Å². The molecule has 0 aromatic heterocycles. The monoisotopic (exact) mass is 252 g/mol. The second kappa shape index (κ2) is 4.13. The number of hydrogen-bond acceptors (Lipinski definition) is 3. The van der Waals surface area contributed by atoms with Crippen LogP contribution in [-0.2, 0) is 9.53 Å². The summed E-state index contributed by atoms with van der Waals surface area (Å²) < 4.78 is 42.6. The number of likely N-dealkylation sites (tertiary alicyclic amines) is 1. The number of methoxy groups -OCH3 is 1. The number of ether oxygens (including phenoxy) is 1. The van der Waals surface area contributed by atoms with E-state index in [1.807, 2.05) is 0 Å². The second-order valence-corrected chi connectivity index (χ2v) is 4.54. The van der Waals surface area contributed by atoms with Gasteiger partial charge in [-0.3, -0.25) is 4.79 Å². The van der Waals surface area contributed by atoms with E-state index in [4.69, 9.17) is 0 Å². The molecule has 0 radical (unpaired) electrons. The van der Waals surface area contributed by atoms with Crippen LogP contribution < -0.4 is 5.32 Å². The van der Waals surface area contributed by atoms with Crippen LogP contribution in [-0.4, -0.2) is 55.4 Å². The molecule has 0 aliphatic carbocycles. The van der Waals surface area contributed by atoms with E-state index in [0.29, 0.717) is 6.42 Å². The Kier molecular flexibility index (Phi) is 3.07. The number of carbonyl (C=O) groups excluding carboxylic acids is 1. The molecule has 1 amide bonds. The van der Waals surface area contributed by atoms with Crippen LogP contribution in [0.1, 0.15) is 12.8 Å². The summed E-state index contributed by atoms with van der Waals surface area (Å²) in [5, 5.41) is 2.98. The highest BCUT2D eigenvalue weighted by molar-refractivity contribution is 5.83. The van der Waals surface area contributed by atoms with E-state index < -0.39 is 24.9 Å². The van der Waals surface area contributed by atoms with Crippen molar-refractivity contribution in [3.05, 3.63) is 0 Å². The van der Waals surface area contributed by atoms with Crippen molar-refractivity contribution in [1.82, 2.24) is 10.2 Å². The highest BCUT2D eigenvalue weighted by Gasteiger charge is 2.64. The first-order chi connectivity index (χ1) is 7.89. The maximum atomic E-state index is 12.7. The third-order valence-electron chi connectivity index (χ3n) is 3.47. The molecule has 98 valence electrons. The molecule has 0 aromatic carbocycles. The Balaban J connectivity index is 1.95. The van der Waals surface area contributed by atoms with Gasteiger partial charge >= 0.3 is 6.18 Å². The maximum absolute atomic E-state index is 12.7. The highest BCUT2D eigenvalue weighted by Crippen LogP contribution is 2.40. The van der Waals surface area contributed by atoms with Crippen molar-refractivity contribution in [3.63, 3.8) is 0 Å². The fraction of sp³-hybridized carbons (Fsp3) is 0.900. The molecule has 4 nitrogen and oxygen atoms in total. The molecular formula is C10H15F3N2O2. The molecular weight excluding hydrogens is 237 g/mol. The number of hydrogen-bond donors (Lipinski definition) is 1. The fourth-order valence-corrected chi connectivity index (χ4v) is 2.27. The minimum Gasteiger partial charge on any atom is -0.365 e. The summed E-state index contributed by atoms with van der Waals surface area (Å²) in [4.78, 5) is 13.0. The number of rotatable bonds is 2. The number of amides is 1. The third-order valence-corrected chi connectivity index (χ3v) is 3.47. The first-order valence-corrected chi connectivity index (χ1v) is 5.54. The number of halogens is 3. The molecule has 0 aromatic rings. The Morgan fingerprint density at radius 2 is 2.12 bits per heavy atom. The van der Waals surface area contributed by atoms with Gasteiger partial charge in [0.2, 0.25) is 5.91 Å². The quantitative estimate of drug-likeness (QED) is 0.779. The van der Waals surface area contributed by atoms with Crippen LogP contribution in [0.5, 0.6) is 0 Å². The lowest BCUT2D eigenvalue weighted by Crippen LogP contribution is -2.72. The molecule has 17 heavy (non-hydrogen) atoms. The van der Waals surface area contributed by atoms with Crippen LogP contribution in [0.15, 0.2) is 0 Å². The standard InChI is InChI=1S/C10H15F3N2O2/c1-17-9(10(11,12)13)5-15(6-9)8(16)7-3-2-4-14-7/h7,14H,2-6H2,1H3/t7-/m1/s1. The lowest BCUT2D eigenvalue weighted by molar-refractivity contribution is -0.306. The van der Waals surface area contributed by atoms with Crippen molar-refractivity contribution < 1.29 is 22.7 Å². The van der Waals surface area contributed by atoms with Crippen molar-refractivity contribution >= 4 is 5.91 Å². The van der Waals surface area contributed by atoms with Crippen LogP contribution in [0.3, 0.4) is 0 Å². The van der Waals surface area contributed by atoms with E-state index in [1.165, 1.54) is 4.90 Å². The molecule has 1 N–H and O–H groups in total. The summed E-state index contributed by atoms with van der Waals surface area (Å²) in [5.41, 5.74) is -2.17. The lowest BCUT2D eigenvalue weighted by atomic mass is 9.92. The molecule has 2 saturated heterocycles. The molecule has 2 fully saturated rings. The average molecular weight is 252 g/mol. The van der Waals surface area contributed by atoms with Gasteiger partial charge in [0.25, 0.3) is 0 Å². The SMILES string of the molecule is COC1(C(F)(F)F)CN(C(=O)[C@H]2CCCN2)C1. The Hall–Kier alpha value is -0.820. The molecule has 0 unspecified atom stereocenters. The number of alkyl halides is 3. The molecule has 0 bridgehead atoms. The van der Waals surface area contributed by atoms with Crippen LogP contribution in [0.2, 0.25) is 0 Å². The highest BCUT2D eigenvalue weighted by atomic mass is 19.4. The number of nitrogens with zero attached hydrogens (tertiary/aromatic N) is 1. The Morgan fingerprint density at radius 1 is 1.47 bits per heavy atom. The minimum atomic E-state index is -4.43. The van der Waals surface area contributed by atoms with E-state index in [1.54, 1.807) is 0 Å². The summed E-state index contributed by atoms with van der Waals surface area (Å²) in [6.07, 6.45) is -2.85. The van der Waals surface area contributed by atoms with Gasteiger partial charge in [-0.15, -0.1) is 0 Å². The molecule has 2 heterocycles. The zero-order chi connectivity index (χ0) is 12.7. The molecule has 0 saturated carbocycles. The number of nitrogens with one attached hydrogen (secondary N) is 1. The first-order valence-electron chi connectivity index (χ1n) is 5.54. The summed E-state index contributed by atoms with van der Waals surface area (Å²) in [5.74, 6) is -0.251. The summed E-state index contributed by atoms with van der Waals surface area (Å²) in [6.45, 7) is -0.0486. The Morgan fingerprint density at radius 3 is 2.53 bits per heavy atom. The zero-order valence-electron chi connectivity index (χ0n) is 9.51. The average Bonchev–Trinajstić information content (AvgIpc) is 2.66. The molecule has 2 aliphatic heterocycles. The van der Waals surface area contributed by atoms with Gasteiger partial charge in [-0.1, -0.05) is 0 Å². The van der Waals surface area contributed by atoms with E-state index in [2.05, 4.69) is 10.1 Å². The summed E-state index contributed by atoms with van der Waals surface area (Å²) >= 11 is 0. The normalized spacial score (nSPS) is 28.0. The Bertz CT molecular complexity index is 307. The van der Waals surface area contributed by atoms with Gasteiger partial charge < -0.3 is 15.0 Å². The van der Waals surface area contributed by atoms with Crippen LogP contribution in [0, 0.1) is 0 Å². The van der Waals surface area contributed by atoms with Gasteiger partial charge in [-0.25, -0.2) is 0 Å². The minimum absolute atomic E-state index is 0.251. The first kappa shape index (κ1) is 12.6. The van der Waals surface area contributed by atoms with E-state index in [-0.39, 0.29) is 11.9 Å². The van der Waals surface area contributed by atoms with Crippen molar-refractivity contribution in [2.45, 2.75) is 30.7 Å². The molecule has 1 atom stereocenters. The molecule has 7 heteroatoms. The topological polar surface area (TPSA) is 41.6 Å². The summed E-state index contributed by atoms with van der Waals surface area (Å²) in [6, 6.07) is -0.321. The van der Waals surface area contributed by atoms with Crippen molar-refractivity contribution in [2.75, 3.05) is 26.7 Å². The predicted octanol–water partition coefficient (Wildman–Crippen LogP) is 0.528. The smallest absolute Gasteiger partial charge is 0.365 e. The number of carbonyl (C=O) groups is 1. The summed E-state index contributed by atoms with van der Waals surface area (Å²) in [7, 11) is 1.03. The van der Waals surface area contributed by atoms with Crippen LogP contribution >= 0.6 is 0 Å². The zero-order valence-corrected chi connectivity index (χ0v) is 9.51. The van der Waals surface area contributed by atoms with E-state index >= 15 is 0 Å². The molecule has 2 rings (SSSR count). The molecule has 0 spiro atoms. The largest absolute Gasteiger partial charge is 0.420 e. The van der Waals surface area contributed by atoms with Crippen molar-refractivity contribution in [3.8, 4) is 0 Å². The lowest BCUT2D eigenvalue weighted by Gasteiger charge is -2.49. The van der Waals surface area contributed by atoms with E-state index in [9.17, 15) is 18.0 Å². The van der Waals surface area contributed by atoms with Gasteiger partial charge in [0.1, 0.15) is 0 Å². The van der Waals surface area contributed by atoms with Gasteiger partial charge in [-0.2, -0.15) is 13.2 Å². The second-order valence-electron chi connectivity index (χ2n) is 4.54. The van der Waals surface area contributed by atoms with Crippen molar-refractivity contribution in [2.24, 2.45) is 0 Å². The van der Waals surface area contributed by atoms with Crippen LogP contribution in [0.4, 0.5) is 13.2 Å². The third kappa shape index (κ3) is 2.01. The van der Waals surface area contributed by atoms with Gasteiger partial charge in [0.15, 0.2) is 5.60 Å². The van der Waals surface area contributed by atoms with Gasteiger partial charge in [0, 0.05) is 7.11 Å². The fourth-order valence-electron chi connectivity index (χ4n) is 2.27. The molecule has 2 aliphatic rings.